The van der Waals surface area contributed by atoms with E-state index in [4.69, 9.17) is 11.6 Å². The molecule has 0 aliphatic rings. The van der Waals surface area contributed by atoms with Crippen LogP contribution in [0.15, 0.2) is 29.2 Å². The van der Waals surface area contributed by atoms with E-state index in [0.29, 0.717) is 16.4 Å². The summed E-state index contributed by atoms with van der Waals surface area (Å²) in [5.41, 5.74) is 2.06. The minimum absolute atomic E-state index is 0.222. The van der Waals surface area contributed by atoms with Gasteiger partial charge in [-0.05, 0) is 38.0 Å². The Morgan fingerprint density at radius 1 is 1.20 bits per heavy atom. The molecule has 1 heterocycles. The summed E-state index contributed by atoms with van der Waals surface area (Å²) in [6, 6.07) is 6.91. The van der Waals surface area contributed by atoms with Crippen LogP contribution in [-0.2, 0) is 16.4 Å². The van der Waals surface area contributed by atoms with Crippen molar-refractivity contribution in [3.8, 4) is 0 Å². The summed E-state index contributed by atoms with van der Waals surface area (Å²) in [4.78, 5) is 0.222. The lowest BCUT2D eigenvalue weighted by Crippen LogP contribution is -2.16. The van der Waals surface area contributed by atoms with Gasteiger partial charge in [0.05, 0.1) is 21.3 Å². The van der Waals surface area contributed by atoms with Crippen molar-refractivity contribution in [2.75, 3.05) is 0 Å². The summed E-state index contributed by atoms with van der Waals surface area (Å²) in [6.07, 6.45) is 1.96. The average molecular weight is 313 g/mol. The summed E-state index contributed by atoms with van der Waals surface area (Å²) >= 11 is 6.01. The van der Waals surface area contributed by atoms with Gasteiger partial charge >= 0.3 is 0 Å². The van der Waals surface area contributed by atoms with Gasteiger partial charge in [0.1, 0.15) is 0 Å². The van der Waals surface area contributed by atoms with Crippen molar-refractivity contribution in [3.63, 3.8) is 0 Å². The summed E-state index contributed by atoms with van der Waals surface area (Å²) in [6.45, 7) is 5.42. The molecule has 0 spiro atoms. The fourth-order valence-electron chi connectivity index (χ4n) is 2.05. The molecule has 0 atom stereocenters. The van der Waals surface area contributed by atoms with Crippen LogP contribution in [0.4, 0.5) is 0 Å². The summed E-state index contributed by atoms with van der Waals surface area (Å²) in [5, 5.41) is 4.40. The number of benzene rings is 1. The maximum atomic E-state index is 12.5. The Kier molecular flexibility index (Phi) is 4.20. The molecule has 0 aliphatic heterocycles. The molecule has 1 aromatic heterocycles. The van der Waals surface area contributed by atoms with Crippen LogP contribution >= 0.6 is 11.6 Å². The van der Waals surface area contributed by atoms with Crippen LogP contribution in [0.2, 0.25) is 5.02 Å². The number of halogens is 1. The molecular formula is C14H17ClN2O2S. The lowest BCUT2D eigenvalue weighted by atomic mass is 10.1. The molecule has 0 radical (unpaired) electrons. The van der Waals surface area contributed by atoms with Gasteiger partial charge in [0.2, 0.25) is 0 Å². The van der Waals surface area contributed by atoms with Crippen LogP contribution < -0.4 is 0 Å². The van der Waals surface area contributed by atoms with Gasteiger partial charge in [0.25, 0.3) is 10.0 Å². The highest BCUT2D eigenvalue weighted by Gasteiger charge is 2.22. The number of aromatic nitrogens is 2. The molecule has 0 amide bonds. The predicted molar refractivity (Wildman–Crippen MR) is 79.7 cm³/mol. The minimum Gasteiger partial charge on any atom is -0.199 e. The molecule has 0 bridgehead atoms. The smallest absolute Gasteiger partial charge is 0.199 e. The SMILES string of the molecule is CCCc1ccc(S(=O)(=O)n2nc(C)c(Cl)c2C)cc1. The monoisotopic (exact) mass is 312 g/mol. The highest BCUT2D eigenvalue weighted by Crippen LogP contribution is 2.23. The molecule has 0 unspecified atom stereocenters. The maximum absolute atomic E-state index is 12.5. The van der Waals surface area contributed by atoms with Crippen molar-refractivity contribution in [2.45, 2.75) is 38.5 Å². The number of aryl methyl sites for hydroxylation is 2. The van der Waals surface area contributed by atoms with E-state index in [1.54, 1.807) is 26.0 Å². The number of hydrogen-bond donors (Lipinski definition) is 0. The Morgan fingerprint density at radius 2 is 1.80 bits per heavy atom. The Labute approximate surface area is 124 Å². The largest absolute Gasteiger partial charge is 0.283 e. The maximum Gasteiger partial charge on any atom is 0.283 e. The molecule has 0 N–H and O–H groups in total. The third kappa shape index (κ3) is 2.60. The van der Waals surface area contributed by atoms with Crippen LogP contribution in [0.1, 0.15) is 30.3 Å². The van der Waals surface area contributed by atoms with Gasteiger partial charge in [-0.25, -0.2) is 0 Å². The van der Waals surface area contributed by atoms with Gasteiger partial charge < -0.3 is 0 Å². The van der Waals surface area contributed by atoms with E-state index >= 15 is 0 Å². The van der Waals surface area contributed by atoms with Crippen molar-refractivity contribution in [3.05, 3.63) is 46.2 Å². The van der Waals surface area contributed by atoms with Gasteiger partial charge in [-0.2, -0.15) is 17.6 Å². The third-order valence-corrected chi connectivity index (χ3v) is 5.38. The Morgan fingerprint density at radius 3 is 2.25 bits per heavy atom. The van der Waals surface area contributed by atoms with E-state index in [1.165, 1.54) is 0 Å². The normalized spacial score (nSPS) is 11.8. The minimum atomic E-state index is -3.68. The third-order valence-electron chi connectivity index (χ3n) is 3.15. The molecule has 1 aromatic carbocycles. The molecule has 4 nitrogen and oxygen atoms in total. The van der Waals surface area contributed by atoms with Crippen molar-refractivity contribution < 1.29 is 8.42 Å². The van der Waals surface area contributed by atoms with E-state index in [0.717, 1.165) is 22.5 Å². The Balaban J connectivity index is 2.46. The van der Waals surface area contributed by atoms with Gasteiger partial charge in [0.15, 0.2) is 0 Å². The van der Waals surface area contributed by atoms with E-state index in [2.05, 4.69) is 12.0 Å². The zero-order valence-electron chi connectivity index (χ0n) is 11.7. The van der Waals surface area contributed by atoms with Gasteiger partial charge in [-0.1, -0.05) is 37.1 Å². The van der Waals surface area contributed by atoms with Crippen molar-refractivity contribution in [1.82, 2.24) is 9.19 Å². The number of nitrogens with zero attached hydrogens (tertiary/aromatic N) is 2. The van der Waals surface area contributed by atoms with E-state index in [1.807, 2.05) is 12.1 Å². The van der Waals surface area contributed by atoms with Crippen molar-refractivity contribution in [2.24, 2.45) is 0 Å². The summed E-state index contributed by atoms with van der Waals surface area (Å²) in [5.74, 6) is 0. The zero-order chi connectivity index (χ0) is 14.9. The Bertz CT molecular complexity index is 718. The first kappa shape index (κ1) is 15.1. The Hall–Kier alpha value is -1.33. The van der Waals surface area contributed by atoms with Crippen LogP contribution in [0.25, 0.3) is 0 Å². The fraction of sp³-hybridized carbons (Fsp3) is 0.357. The zero-order valence-corrected chi connectivity index (χ0v) is 13.3. The fourth-order valence-corrected chi connectivity index (χ4v) is 3.58. The first-order valence-corrected chi connectivity index (χ1v) is 8.26. The topological polar surface area (TPSA) is 52.0 Å². The number of hydrogen-bond acceptors (Lipinski definition) is 3. The van der Waals surface area contributed by atoms with Crippen LogP contribution in [0.5, 0.6) is 0 Å². The van der Waals surface area contributed by atoms with Crippen molar-refractivity contribution >= 4 is 21.6 Å². The molecule has 0 aliphatic carbocycles. The molecule has 108 valence electrons. The molecule has 2 rings (SSSR count). The second-order valence-electron chi connectivity index (χ2n) is 4.73. The highest BCUT2D eigenvalue weighted by atomic mass is 35.5. The molecule has 0 fully saturated rings. The predicted octanol–water partition coefficient (Wildman–Crippen LogP) is 3.34. The average Bonchev–Trinajstić information content (AvgIpc) is 2.68. The van der Waals surface area contributed by atoms with E-state index < -0.39 is 10.0 Å². The van der Waals surface area contributed by atoms with Gasteiger partial charge in [-0.15, -0.1) is 0 Å². The van der Waals surface area contributed by atoms with Gasteiger partial charge in [0, 0.05) is 0 Å². The first-order chi connectivity index (χ1) is 9.37. The number of rotatable bonds is 4. The second-order valence-corrected chi connectivity index (χ2v) is 6.87. The lowest BCUT2D eigenvalue weighted by Gasteiger charge is -2.07. The molecule has 6 heteroatoms. The standard InChI is InChI=1S/C14H17ClN2O2S/c1-4-5-12-6-8-13(9-7-12)20(18,19)17-11(3)14(15)10(2)16-17/h6-9H,4-5H2,1-3H3. The van der Waals surface area contributed by atoms with Gasteiger partial charge in [-0.3, -0.25) is 0 Å². The van der Waals surface area contributed by atoms with Crippen molar-refractivity contribution in [1.29, 1.82) is 0 Å². The quantitative estimate of drug-likeness (QED) is 0.870. The van der Waals surface area contributed by atoms with Crippen LogP contribution in [-0.4, -0.2) is 17.6 Å². The van der Waals surface area contributed by atoms with E-state index in [-0.39, 0.29) is 4.90 Å². The summed E-state index contributed by atoms with van der Waals surface area (Å²) < 4.78 is 26.1. The second kappa shape index (κ2) is 5.58. The molecule has 2 aromatic rings. The molecule has 20 heavy (non-hydrogen) atoms. The summed E-state index contributed by atoms with van der Waals surface area (Å²) in [7, 11) is -3.68. The lowest BCUT2D eigenvalue weighted by molar-refractivity contribution is 0.577. The molecule has 0 saturated carbocycles. The van der Waals surface area contributed by atoms with Crippen LogP contribution in [0, 0.1) is 13.8 Å². The highest BCUT2D eigenvalue weighted by molar-refractivity contribution is 7.89. The van der Waals surface area contributed by atoms with Crippen LogP contribution in [0.3, 0.4) is 0 Å². The molecule has 0 saturated heterocycles. The first-order valence-electron chi connectivity index (χ1n) is 6.44. The molecular weight excluding hydrogens is 296 g/mol. The van der Waals surface area contributed by atoms with E-state index in [9.17, 15) is 8.42 Å².